The van der Waals surface area contributed by atoms with Gasteiger partial charge in [0, 0.05) is 23.3 Å². The normalized spacial score (nSPS) is 38.1. The monoisotopic (exact) mass is 224 g/mol. The molecule has 0 amide bonds. The molecule has 3 heteroatoms. The van der Waals surface area contributed by atoms with E-state index < -0.39 is 0 Å². The zero-order valence-electron chi connectivity index (χ0n) is 7.81. The first-order valence-electron chi connectivity index (χ1n) is 4.98. The number of hydrogen-bond donors (Lipinski definition) is 0. The molecular formula is C11H12OS2. The quantitative estimate of drug-likeness (QED) is 0.588. The van der Waals surface area contributed by atoms with Crippen LogP contribution in [0.1, 0.15) is 6.42 Å². The van der Waals surface area contributed by atoms with Crippen molar-refractivity contribution in [2.24, 2.45) is 11.8 Å². The van der Waals surface area contributed by atoms with Crippen LogP contribution in [0.5, 0.6) is 0 Å². The summed E-state index contributed by atoms with van der Waals surface area (Å²) in [6.07, 6.45) is 9.29. The molecule has 0 saturated carbocycles. The summed E-state index contributed by atoms with van der Waals surface area (Å²) in [5.74, 6) is 3.41. The fraction of sp³-hybridized carbons (Fsp3) is 0.545. The SMILES string of the molecule is O=C1C=C[C@H]2C=C[C@@H]1CC21SCCS1. The third kappa shape index (κ3) is 1.22. The third-order valence-electron chi connectivity index (χ3n) is 3.17. The van der Waals surface area contributed by atoms with Gasteiger partial charge < -0.3 is 0 Å². The van der Waals surface area contributed by atoms with Gasteiger partial charge in [0.15, 0.2) is 5.78 Å². The highest BCUT2D eigenvalue weighted by molar-refractivity contribution is 8.21. The fourth-order valence-electron chi connectivity index (χ4n) is 2.42. The summed E-state index contributed by atoms with van der Waals surface area (Å²) in [6, 6.07) is 0. The van der Waals surface area contributed by atoms with Crippen LogP contribution in [-0.4, -0.2) is 21.4 Å². The second-order valence-electron chi connectivity index (χ2n) is 3.99. The number of fused-ring (bicyclic) bond motifs is 1. The molecule has 1 spiro atoms. The van der Waals surface area contributed by atoms with E-state index in [0.29, 0.717) is 15.8 Å². The summed E-state index contributed by atoms with van der Waals surface area (Å²) in [4.78, 5) is 11.7. The molecule has 0 N–H and O–H groups in total. The van der Waals surface area contributed by atoms with Crippen molar-refractivity contribution in [1.82, 2.24) is 0 Å². The van der Waals surface area contributed by atoms with E-state index in [9.17, 15) is 4.79 Å². The molecule has 2 bridgehead atoms. The summed E-state index contributed by atoms with van der Waals surface area (Å²) in [5, 5.41) is 0. The van der Waals surface area contributed by atoms with Crippen LogP contribution in [0.4, 0.5) is 0 Å². The molecule has 14 heavy (non-hydrogen) atoms. The van der Waals surface area contributed by atoms with E-state index in [1.165, 1.54) is 11.5 Å². The van der Waals surface area contributed by atoms with Crippen LogP contribution in [0, 0.1) is 11.8 Å². The molecule has 0 aromatic heterocycles. The number of thioether (sulfide) groups is 2. The zero-order chi connectivity index (χ0) is 9.60. The van der Waals surface area contributed by atoms with Gasteiger partial charge in [-0.15, -0.1) is 23.5 Å². The smallest absolute Gasteiger partial charge is 0.162 e. The first-order valence-corrected chi connectivity index (χ1v) is 6.96. The molecule has 74 valence electrons. The van der Waals surface area contributed by atoms with E-state index in [-0.39, 0.29) is 5.92 Å². The lowest BCUT2D eigenvalue weighted by Crippen LogP contribution is -2.32. The van der Waals surface area contributed by atoms with Gasteiger partial charge in [-0.1, -0.05) is 18.2 Å². The van der Waals surface area contributed by atoms with Gasteiger partial charge in [-0.25, -0.2) is 0 Å². The first-order chi connectivity index (χ1) is 6.80. The van der Waals surface area contributed by atoms with Crippen molar-refractivity contribution in [3.8, 4) is 0 Å². The maximum atomic E-state index is 11.7. The topological polar surface area (TPSA) is 17.1 Å². The van der Waals surface area contributed by atoms with E-state index in [2.05, 4.69) is 41.8 Å². The lowest BCUT2D eigenvalue weighted by atomic mass is 9.89. The van der Waals surface area contributed by atoms with Crippen LogP contribution in [-0.2, 0) is 4.79 Å². The van der Waals surface area contributed by atoms with Gasteiger partial charge in [0.1, 0.15) is 0 Å². The number of carbonyl (C=O) groups is 1. The summed E-state index contributed by atoms with van der Waals surface area (Å²) >= 11 is 4.10. The van der Waals surface area contributed by atoms with E-state index in [4.69, 9.17) is 0 Å². The Morgan fingerprint density at radius 1 is 1.21 bits per heavy atom. The minimum Gasteiger partial charge on any atom is -0.294 e. The molecule has 1 fully saturated rings. The second kappa shape index (κ2) is 3.17. The van der Waals surface area contributed by atoms with Crippen LogP contribution < -0.4 is 0 Å². The predicted molar refractivity (Wildman–Crippen MR) is 62.5 cm³/mol. The van der Waals surface area contributed by atoms with Gasteiger partial charge in [0.25, 0.3) is 0 Å². The van der Waals surface area contributed by atoms with E-state index in [0.717, 1.165) is 6.42 Å². The van der Waals surface area contributed by atoms with Crippen LogP contribution in [0.25, 0.3) is 0 Å². The van der Waals surface area contributed by atoms with Crippen LogP contribution in [0.15, 0.2) is 24.3 Å². The molecule has 2 atom stereocenters. The number of carbonyl (C=O) groups excluding carboxylic acids is 1. The maximum absolute atomic E-state index is 11.7. The Morgan fingerprint density at radius 2 is 2.00 bits per heavy atom. The highest BCUT2D eigenvalue weighted by Crippen LogP contribution is 2.56. The van der Waals surface area contributed by atoms with Crippen molar-refractivity contribution >= 4 is 29.3 Å². The van der Waals surface area contributed by atoms with Gasteiger partial charge in [-0.3, -0.25) is 4.79 Å². The summed E-state index contributed by atoms with van der Waals surface area (Å²) in [7, 11) is 0. The van der Waals surface area contributed by atoms with Gasteiger partial charge in [0.05, 0.1) is 4.08 Å². The highest BCUT2D eigenvalue weighted by atomic mass is 32.2. The van der Waals surface area contributed by atoms with Crippen molar-refractivity contribution in [3.05, 3.63) is 24.3 Å². The lowest BCUT2D eigenvalue weighted by Gasteiger charge is -2.36. The largest absolute Gasteiger partial charge is 0.294 e. The molecule has 3 aliphatic carbocycles. The molecule has 0 unspecified atom stereocenters. The van der Waals surface area contributed by atoms with Crippen LogP contribution in [0.3, 0.4) is 0 Å². The summed E-state index contributed by atoms with van der Waals surface area (Å²) in [5.41, 5.74) is 0. The van der Waals surface area contributed by atoms with Gasteiger partial charge in [-0.2, -0.15) is 0 Å². The lowest BCUT2D eigenvalue weighted by molar-refractivity contribution is -0.117. The summed E-state index contributed by atoms with van der Waals surface area (Å²) in [6.45, 7) is 0. The zero-order valence-corrected chi connectivity index (χ0v) is 9.44. The second-order valence-corrected chi connectivity index (χ2v) is 7.10. The minimum atomic E-state index is 0.156. The van der Waals surface area contributed by atoms with Gasteiger partial charge in [-0.05, 0) is 12.5 Å². The van der Waals surface area contributed by atoms with Gasteiger partial charge >= 0.3 is 0 Å². The molecule has 0 radical (unpaired) electrons. The van der Waals surface area contributed by atoms with Crippen molar-refractivity contribution in [3.63, 3.8) is 0 Å². The standard InChI is InChI=1S/C11H12OS2/c12-10-4-3-9-2-1-8(10)7-11(9)13-5-6-14-11/h1-4,8-9H,5-7H2/t8-,9-/m1/s1. The van der Waals surface area contributed by atoms with Crippen LogP contribution in [0.2, 0.25) is 0 Å². The summed E-state index contributed by atoms with van der Waals surface area (Å²) < 4.78 is 0.294. The molecule has 1 nitrogen and oxygen atoms in total. The Labute approximate surface area is 92.4 Å². The van der Waals surface area contributed by atoms with Gasteiger partial charge in [0.2, 0.25) is 0 Å². The number of allylic oxidation sites excluding steroid dienone is 4. The number of ketones is 1. The van der Waals surface area contributed by atoms with Crippen molar-refractivity contribution < 1.29 is 4.79 Å². The molecule has 0 aromatic carbocycles. The molecule has 0 aromatic rings. The number of rotatable bonds is 0. The van der Waals surface area contributed by atoms with Crippen molar-refractivity contribution in [2.75, 3.05) is 11.5 Å². The molecule has 1 saturated heterocycles. The maximum Gasteiger partial charge on any atom is 0.162 e. The Balaban J connectivity index is 2.02. The van der Waals surface area contributed by atoms with Crippen LogP contribution >= 0.6 is 23.5 Å². The van der Waals surface area contributed by atoms with E-state index in [1.807, 2.05) is 0 Å². The molecule has 1 heterocycles. The van der Waals surface area contributed by atoms with E-state index >= 15 is 0 Å². The van der Waals surface area contributed by atoms with E-state index in [1.54, 1.807) is 6.08 Å². The highest BCUT2D eigenvalue weighted by Gasteiger charge is 2.46. The molecule has 4 aliphatic rings. The Kier molecular flexibility index (Phi) is 2.06. The van der Waals surface area contributed by atoms with Crippen molar-refractivity contribution in [1.29, 1.82) is 0 Å². The fourth-order valence-corrected chi connectivity index (χ4v) is 5.91. The Morgan fingerprint density at radius 3 is 2.79 bits per heavy atom. The van der Waals surface area contributed by atoms with Crippen molar-refractivity contribution in [2.45, 2.75) is 10.5 Å². The molecular weight excluding hydrogens is 212 g/mol. The predicted octanol–water partition coefficient (Wildman–Crippen LogP) is 2.49. The Bertz CT molecular complexity index is 326. The molecule has 1 aliphatic heterocycles. The Hall–Kier alpha value is -0.150. The third-order valence-corrected chi connectivity index (χ3v) is 6.81. The first kappa shape index (κ1) is 9.10. The average molecular weight is 224 g/mol. The molecule has 4 rings (SSSR count). The minimum absolute atomic E-state index is 0.156. The average Bonchev–Trinajstić information content (AvgIpc) is 2.52. The number of hydrogen-bond acceptors (Lipinski definition) is 3.